The Balaban J connectivity index is 3.01. The number of hydrogen-bond acceptors (Lipinski definition) is 4. The quantitative estimate of drug-likeness (QED) is 0.863. The van der Waals surface area contributed by atoms with Crippen molar-refractivity contribution >= 4 is 11.6 Å². The summed E-state index contributed by atoms with van der Waals surface area (Å²) < 4.78 is 24.6. The highest BCUT2D eigenvalue weighted by molar-refractivity contribution is 5.49. The summed E-state index contributed by atoms with van der Waals surface area (Å²) in [6.07, 6.45) is -2.38. The van der Waals surface area contributed by atoms with Gasteiger partial charge in [-0.05, 0) is 0 Å². The molecule has 96 valence electrons. The van der Waals surface area contributed by atoms with E-state index in [1.165, 1.54) is 4.90 Å². The third kappa shape index (κ3) is 3.80. The van der Waals surface area contributed by atoms with Gasteiger partial charge in [0.05, 0.1) is 6.54 Å². The zero-order valence-electron chi connectivity index (χ0n) is 10.5. The number of anilines is 2. The second kappa shape index (κ2) is 5.75. The van der Waals surface area contributed by atoms with Crippen LogP contribution in [0.1, 0.15) is 25.6 Å². The molecule has 0 saturated heterocycles. The van der Waals surface area contributed by atoms with Crippen LogP contribution in [0.2, 0.25) is 0 Å². The van der Waals surface area contributed by atoms with E-state index < -0.39 is 6.43 Å². The standard InChI is InChI=1S/C11H18F2N4/c1-7(2)11-15-9(14-3)5-10(16-11)17(4)6-8(12)13/h5,7-8H,6H2,1-4H3,(H,14,15,16). The maximum absolute atomic E-state index is 12.3. The largest absolute Gasteiger partial charge is 0.373 e. The SMILES string of the molecule is CNc1cc(N(C)CC(F)F)nc(C(C)C)n1. The van der Waals surface area contributed by atoms with E-state index in [9.17, 15) is 8.78 Å². The van der Waals surface area contributed by atoms with Gasteiger partial charge in [-0.3, -0.25) is 0 Å². The first-order valence-corrected chi connectivity index (χ1v) is 5.50. The lowest BCUT2D eigenvalue weighted by Gasteiger charge is -2.19. The van der Waals surface area contributed by atoms with Crippen molar-refractivity contribution in [3.63, 3.8) is 0 Å². The van der Waals surface area contributed by atoms with Crippen LogP contribution in [0.25, 0.3) is 0 Å². The van der Waals surface area contributed by atoms with Gasteiger partial charge in [-0.1, -0.05) is 13.8 Å². The van der Waals surface area contributed by atoms with Crippen molar-refractivity contribution in [1.29, 1.82) is 0 Å². The molecule has 1 heterocycles. The molecule has 1 aromatic heterocycles. The minimum absolute atomic E-state index is 0.155. The second-order valence-corrected chi connectivity index (χ2v) is 4.15. The van der Waals surface area contributed by atoms with E-state index in [1.807, 2.05) is 13.8 Å². The average molecular weight is 244 g/mol. The summed E-state index contributed by atoms with van der Waals surface area (Å²) in [6, 6.07) is 1.66. The van der Waals surface area contributed by atoms with Crippen molar-refractivity contribution in [2.45, 2.75) is 26.2 Å². The number of aromatic nitrogens is 2. The van der Waals surface area contributed by atoms with E-state index in [0.29, 0.717) is 17.5 Å². The van der Waals surface area contributed by atoms with E-state index in [2.05, 4.69) is 15.3 Å². The zero-order chi connectivity index (χ0) is 13.0. The highest BCUT2D eigenvalue weighted by Gasteiger charge is 2.13. The van der Waals surface area contributed by atoms with Gasteiger partial charge >= 0.3 is 0 Å². The molecule has 1 aromatic rings. The Morgan fingerprint density at radius 3 is 2.47 bits per heavy atom. The zero-order valence-corrected chi connectivity index (χ0v) is 10.5. The summed E-state index contributed by atoms with van der Waals surface area (Å²) in [7, 11) is 3.33. The molecule has 0 aliphatic heterocycles. The first-order chi connectivity index (χ1) is 7.93. The summed E-state index contributed by atoms with van der Waals surface area (Å²) in [5.74, 6) is 1.95. The first-order valence-electron chi connectivity index (χ1n) is 5.50. The van der Waals surface area contributed by atoms with Crippen LogP contribution in [0.4, 0.5) is 20.4 Å². The molecule has 0 fully saturated rings. The topological polar surface area (TPSA) is 41.0 Å². The van der Waals surface area contributed by atoms with Crippen LogP contribution in [0.15, 0.2) is 6.07 Å². The molecular weight excluding hydrogens is 226 g/mol. The van der Waals surface area contributed by atoms with E-state index in [0.717, 1.165) is 0 Å². The fourth-order valence-electron chi connectivity index (χ4n) is 1.33. The molecule has 0 atom stereocenters. The van der Waals surface area contributed by atoms with Gasteiger partial charge in [0.1, 0.15) is 17.5 Å². The van der Waals surface area contributed by atoms with Crippen molar-refractivity contribution in [2.75, 3.05) is 30.9 Å². The number of halogens is 2. The Morgan fingerprint density at radius 1 is 1.35 bits per heavy atom. The summed E-state index contributed by atoms with van der Waals surface area (Å²) in [4.78, 5) is 9.98. The van der Waals surface area contributed by atoms with Gasteiger partial charge < -0.3 is 10.2 Å². The molecule has 0 saturated carbocycles. The monoisotopic (exact) mass is 244 g/mol. The molecule has 0 aromatic carbocycles. The number of nitrogens with zero attached hydrogens (tertiary/aromatic N) is 3. The Labute approximate surface area is 100 Å². The normalized spacial score (nSPS) is 11.1. The number of alkyl halides is 2. The lowest BCUT2D eigenvalue weighted by atomic mass is 10.2. The molecule has 1 rings (SSSR count). The van der Waals surface area contributed by atoms with E-state index in [1.54, 1.807) is 20.2 Å². The van der Waals surface area contributed by atoms with Crippen molar-refractivity contribution in [2.24, 2.45) is 0 Å². The van der Waals surface area contributed by atoms with Crippen molar-refractivity contribution in [1.82, 2.24) is 9.97 Å². The smallest absolute Gasteiger partial charge is 0.255 e. The third-order valence-electron chi connectivity index (χ3n) is 2.31. The molecule has 0 aliphatic carbocycles. The highest BCUT2D eigenvalue weighted by atomic mass is 19.3. The van der Waals surface area contributed by atoms with Gasteiger partial charge in [0.15, 0.2) is 0 Å². The summed E-state index contributed by atoms with van der Waals surface area (Å²) >= 11 is 0. The molecule has 0 amide bonds. The van der Waals surface area contributed by atoms with Crippen LogP contribution in [0.3, 0.4) is 0 Å². The lowest BCUT2D eigenvalue weighted by molar-refractivity contribution is 0.156. The molecule has 6 heteroatoms. The first kappa shape index (κ1) is 13.6. The van der Waals surface area contributed by atoms with Crippen molar-refractivity contribution in [3.05, 3.63) is 11.9 Å². The predicted molar refractivity (Wildman–Crippen MR) is 64.9 cm³/mol. The molecule has 0 bridgehead atoms. The summed E-state index contributed by atoms with van der Waals surface area (Å²) in [6.45, 7) is 3.59. The minimum atomic E-state index is -2.38. The van der Waals surface area contributed by atoms with E-state index in [-0.39, 0.29) is 12.5 Å². The van der Waals surface area contributed by atoms with Gasteiger partial charge in [-0.25, -0.2) is 18.7 Å². The van der Waals surface area contributed by atoms with Gasteiger partial charge in [0.2, 0.25) is 0 Å². The maximum atomic E-state index is 12.3. The molecule has 4 nitrogen and oxygen atoms in total. The molecule has 17 heavy (non-hydrogen) atoms. The van der Waals surface area contributed by atoms with Crippen LogP contribution in [0.5, 0.6) is 0 Å². The second-order valence-electron chi connectivity index (χ2n) is 4.15. The van der Waals surface area contributed by atoms with Gasteiger partial charge in [-0.15, -0.1) is 0 Å². The predicted octanol–water partition coefficient (Wildman–Crippen LogP) is 2.34. The number of rotatable bonds is 5. The Kier molecular flexibility index (Phi) is 4.60. The summed E-state index contributed by atoms with van der Waals surface area (Å²) in [5, 5.41) is 2.91. The molecule has 0 radical (unpaired) electrons. The maximum Gasteiger partial charge on any atom is 0.255 e. The Hall–Kier alpha value is -1.46. The third-order valence-corrected chi connectivity index (χ3v) is 2.31. The van der Waals surface area contributed by atoms with E-state index in [4.69, 9.17) is 0 Å². The van der Waals surface area contributed by atoms with Crippen LogP contribution in [-0.2, 0) is 0 Å². The minimum Gasteiger partial charge on any atom is -0.373 e. The molecular formula is C11H18F2N4. The molecule has 0 unspecified atom stereocenters. The number of nitrogens with one attached hydrogen (secondary N) is 1. The molecule has 0 aliphatic rings. The lowest BCUT2D eigenvalue weighted by Crippen LogP contribution is -2.25. The van der Waals surface area contributed by atoms with Gasteiger partial charge in [0, 0.05) is 26.1 Å². The van der Waals surface area contributed by atoms with Crippen LogP contribution in [0, 0.1) is 0 Å². The van der Waals surface area contributed by atoms with Crippen LogP contribution in [-0.4, -0.2) is 37.0 Å². The van der Waals surface area contributed by atoms with Crippen molar-refractivity contribution < 1.29 is 8.78 Å². The van der Waals surface area contributed by atoms with E-state index >= 15 is 0 Å². The average Bonchev–Trinajstić information content (AvgIpc) is 2.27. The highest BCUT2D eigenvalue weighted by Crippen LogP contribution is 2.19. The van der Waals surface area contributed by atoms with Crippen molar-refractivity contribution in [3.8, 4) is 0 Å². The number of hydrogen-bond donors (Lipinski definition) is 1. The Morgan fingerprint density at radius 2 is 2.00 bits per heavy atom. The fraction of sp³-hybridized carbons (Fsp3) is 0.636. The fourth-order valence-corrected chi connectivity index (χ4v) is 1.33. The summed E-state index contributed by atoms with van der Waals surface area (Å²) in [5.41, 5.74) is 0. The molecule has 1 N–H and O–H groups in total. The molecule has 0 spiro atoms. The van der Waals surface area contributed by atoms with Gasteiger partial charge in [-0.2, -0.15) is 0 Å². The Bertz CT molecular complexity index is 368. The van der Waals surface area contributed by atoms with Gasteiger partial charge in [0.25, 0.3) is 6.43 Å². The van der Waals surface area contributed by atoms with Crippen LogP contribution >= 0.6 is 0 Å². The van der Waals surface area contributed by atoms with Crippen LogP contribution < -0.4 is 10.2 Å².